The zero-order valence-corrected chi connectivity index (χ0v) is 12.2. The molecule has 1 aromatic heterocycles. The van der Waals surface area contributed by atoms with Crippen LogP contribution in [-0.2, 0) is 19.5 Å². The second-order valence-electron chi connectivity index (χ2n) is 4.67. The van der Waals surface area contributed by atoms with Crippen molar-refractivity contribution < 1.29 is 0 Å². The molecule has 1 aromatic carbocycles. The van der Waals surface area contributed by atoms with Gasteiger partial charge in [0.15, 0.2) is 0 Å². The third-order valence-electron chi connectivity index (χ3n) is 3.11. The number of rotatable bonds is 6. The Morgan fingerprint density at radius 3 is 2.89 bits per heavy atom. The zero-order valence-electron chi connectivity index (χ0n) is 11.5. The second-order valence-corrected chi connectivity index (χ2v) is 5.08. The Morgan fingerprint density at radius 2 is 2.21 bits per heavy atom. The second kappa shape index (κ2) is 6.73. The fourth-order valence-electron chi connectivity index (χ4n) is 2.17. The highest BCUT2D eigenvalue weighted by molar-refractivity contribution is 6.31. The smallest absolute Gasteiger partial charge is 0.113 e. The van der Waals surface area contributed by atoms with Crippen LogP contribution < -0.4 is 5.32 Å². The van der Waals surface area contributed by atoms with Crippen LogP contribution >= 0.6 is 11.6 Å². The maximum atomic E-state index is 6.28. The van der Waals surface area contributed by atoms with E-state index in [-0.39, 0.29) is 0 Å². The fraction of sp³-hybridized carbons (Fsp3) is 0.400. The van der Waals surface area contributed by atoms with Gasteiger partial charge in [-0.25, -0.2) is 4.98 Å². The van der Waals surface area contributed by atoms with Crippen LogP contribution in [0, 0.1) is 0 Å². The first-order valence-electron chi connectivity index (χ1n) is 6.66. The summed E-state index contributed by atoms with van der Waals surface area (Å²) in [6, 6.07) is 6.25. The molecule has 2 aromatic rings. The first kappa shape index (κ1) is 14.1. The lowest BCUT2D eigenvalue weighted by atomic mass is 10.1. The molecule has 0 spiro atoms. The van der Waals surface area contributed by atoms with Gasteiger partial charge in [-0.15, -0.1) is 0 Å². The molecule has 0 unspecified atom stereocenters. The van der Waals surface area contributed by atoms with Gasteiger partial charge in [-0.3, -0.25) is 0 Å². The molecular formula is C15H20ClN3. The van der Waals surface area contributed by atoms with Crippen molar-refractivity contribution >= 4 is 11.6 Å². The van der Waals surface area contributed by atoms with Crippen LogP contribution in [0.1, 0.15) is 30.3 Å². The van der Waals surface area contributed by atoms with Gasteiger partial charge in [-0.05, 0) is 30.7 Å². The molecule has 0 amide bonds. The van der Waals surface area contributed by atoms with Gasteiger partial charge >= 0.3 is 0 Å². The van der Waals surface area contributed by atoms with E-state index in [1.165, 1.54) is 5.56 Å². The van der Waals surface area contributed by atoms with Gasteiger partial charge in [0, 0.05) is 36.9 Å². The molecule has 1 heterocycles. The van der Waals surface area contributed by atoms with Gasteiger partial charge in [-0.2, -0.15) is 0 Å². The van der Waals surface area contributed by atoms with E-state index in [2.05, 4.69) is 33.9 Å². The van der Waals surface area contributed by atoms with Crippen molar-refractivity contribution in [3.63, 3.8) is 0 Å². The maximum absolute atomic E-state index is 6.28. The summed E-state index contributed by atoms with van der Waals surface area (Å²) >= 11 is 6.28. The van der Waals surface area contributed by atoms with E-state index >= 15 is 0 Å². The normalized spacial score (nSPS) is 10.9. The number of nitrogens with zero attached hydrogens (tertiary/aromatic N) is 2. The Bertz CT molecular complexity index is 534. The lowest BCUT2D eigenvalue weighted by Gasteiger charge is -2.09. The average molecular weight is 278 g/mol. The number of hydrogen-bond donors (Lipinski definition) is 1. The third-order valence-corrected chi connectivity index (χ3v) is 3.47. The highest BCUT2D eigenvalue weighted by atomic mass is 35.5. The number of aryl methyl sites for hydroxylation is 1. The summed E-state index contributed by atoms with van der Waals surface area (Å²) in [5.41, 5.74) is 2.33. The number of halogens is 1. The van der Waals surface area contributed by atoms with Crippen LogP contribution in [0.2, 0.25) is 5.02 Å². The monoisotopic (exact) mass is 277 g/mol. The van der Waals surface area contributed by atoms with Gasteiger partial charge in [0.25, 0.3) is 0 Å². The molecule has 0 fully saturated rings. The van der Waals surface area contributed by atoms with Crippen LogP contribution in [-0.4, -0.2) is 16.6 Å². The van der Waals surface area contributed by atoms with Gasteiger partial charge in [0.1, 0.15) is 5.82 Å². The molecule has 0 radical (unpaired) electrons. The molecule has 1 N–H and O–H groups in total. The molecule has 0 aliphatic rings. The predicted octanol–water partition coefficient (Wildman–Crippen LogP) is 3.26. The van der Waals surface area contributed by atoms with E-state index in [1.54, 1.807) is 0 Å². The van der Waals surface area contributed by atoms with E-state index in [9.17, 15) is 0 Å². The molecule has 3 nitrogen and oxygen atoms in total. The van der Waals surface area contributed by atoms with Crippen LogP contribution in [0.4, 0.5) is 0 Å². The number of benzene rings is 1. The zero-order chi connectivity index (χ0) is 13.7. The quantitative estimate of drug-likeness (QED) is 0.878. The number of aromatic nitrogens is 2. The first-order chi connectivity index (χ1) is 9.24. The highest BCUT2D eigenvalue weighted by Gasteiger charge is 2.06. The van der Waals surface area contributed by atoms with Crippen molar-refractivity contribution in [1.82, 2.24) is 14.9 Å². The molecule has 0 atom stereocenters. The summed E-state index contributed by atoms with van der Waals surface area (Å²) in [5.74, 6) is 1.10. The molecule has 102 valence electrons. The maximum Gasteiger partial charge on any atom is 0.113 e. The van der Waals surface area contributed by atoms with Crippen LogP contribution in [0.25, 0.3) is 0 Å². The lowest BCUT2D eigenvalue weighted by molar-refractivity contribution is 0.647. The predicted molar refractivity (Wildman–Crippen MR) is 79.5 cm³/mol. The average Bonchev–Trinajstić information content (AvgIpc) is 2.81. The molecule has 2 rings (SSSR count). The molecule has 0 aliphatic heterocycles. The van der Waals surface area contributed by atoms with E-state index in [0.29, 0.717) is 0 Å². The highest BCUT2D eigenvalue weighted by Crippen LogP contribution is 2.19. The Balaban J connectivity index is 2.14. The van der Waals surface area contributed by atoms with Crippen molar-refractivity contribution in [3.8, 4) is 0 Å². The minimum absolute atomic E-state index is 0.795. The van der Waals surface area contributed by atoms with Crippen molar-refractivity contribution in [2.45, 2.75) is 32.9 Å². The molecular weight excluding hydrogens is 258 g/mol. The SMILES string of the molecule is CCCn1ccnc1Cc1ccc(CNC)c(Cl)c1. The van der Waals surface area contributed by atoms with E-state index in [4.69, 9.17) is 11.6 Å². The standard InChI is InChI=1S/C15H20ClN3/c1-3-7-19-8-6-18-15(19)10-12-4-5-13(11-17-2)14(16)9-12/h4-6,8-9,17H,3,7,10-11H2,1-2H3. The summed E-state index contributed by atoms with van der Waals surface area (Å²) in [6.07, 6.45) is 5.84. The topological polar surface area (TPSA) is 29.9 Å². The van der Waals surface area contributed by atoms with E-state index in [0.717, 1.165) is 42.3 Å². The summed E-state index contributed by atoms with van der Waals surface area (Å²) in [5, 5.41) is 3.93. The molecule has 4 heteroatoms. The Hall–Kier alpha value is -1.32. The Labute approximate surface area is 119 Å². The van der Waals surface area contributed by atoms with Crippen LogP contribution in [0.15, 0.2) is 30.6 Å². The minimum atomic E-state index is 0.795. The first-order valence-corrected chi connectivity index (χ1v) is 7.04. The Morgan fingerprint density at radius 1 is 1.37 bits per heavy atom. The molecule has 0 aliphatic carbocycles. The number of nitrogens with one attached hydrogen (secondary N) is 1. The van der Waals surface area contributed by atoms with Crippen LogP contribution in [0.3, 0.4) is 0 Å². The largest absolute Gasteiger partial charge is 0.335 e. The van der Waals surface area contributed by atoms with Gasteiger partial charge in [-0.1, -0.05) is 30.7 Å². The summed E-state index contributed by atoms with van der Waals surface area (Å²) in [4.78, 5) is 4.43. The van der Waals surface area contributed by atoms with E-state index < -0.39 is 0 Å². The van der Waals surface area contributed by atoms with Gasteiger partial charge in [0.2, 0.25) is 0 Å². The third kappa shape index (κ3) is 3.58. The van der Waals surface area contributed by atoms with Crippen molar-refractivity contribution in [2.75, 3.05) is 7.05 Å². The van der Waals surface area contributed by atoms with Crippen molar-refractivity contribution in [1.29, 1.82) is 0 Å². The molecule has 0 saturated heterocycles. The number of imidazole rings is 1. The Kier molecular flexibility index (Phi) is 5.00. The van der Waals surface area contributed by atoms with Crippen molar-refractivity contribution in [2.24, 2.45) is 0 Å². The van der Waals surface area contributed by atoms with Crippen LogP contribution in [0.5, 0.6) is 0 Å². The molecule has 19 heavy (non-hydrogen) atoms. The summed E-state index contributed by atoms with van der Waals surface area (Å²) < 4.78 is 2.20. The van der Waals surface area contributed by atoms with Gasteiger partial charge < -0.3 is 9.88 Å². The van der Waals surface area contributed by atoms with E-state index in [1.807, 2.05) is 25.5 Å². The fourth-order valence-corrected chi connectivity index (χ4v) is 2.44. The number of hydrogen-bond acceptors (Lipinski definition) is 2. The summed E-state index contributed by atoms with van der Waals surface area (Å²) in [6.45, 7) is 3.98. The summed E-state index contributed by atoms with van der Waals surface area (Å²) in [7, 11) is 1.92. The minimum Gasteiger partial charge on any atom is -0.335 e. The van der Waals surface area contributed by atoms with Gasteiger partial charge in [0.05, 0.1) is 0 Å². The molecule has 0 saturated carbocycles. The lowest BCUT2D eigenvalue weighted by Crippen LogP contribution is -2.06. The van der Waals surface area contributed by atoms with Crippen molar-refractivity contribution in [3.05, 3.63) is 52.6 Å². The molecule has 0 bridgehead atoms.